The van der Waals surface area contributed by atoms with Crippen molar-refractivity contribution in [1.29, 1.82) is 0 Å². The third-order valence-electron chi connectivity index (χ3n) is 4.20. The van der Waals surface area contributed by atoms with Crippen LogP contribution in [-0.2, 0) is 5.54 Å². The Bertz CT molecular complexity index is 733. The van der Waals surface area contributed by atoms with Crippen LogP contribution < -0.4 is 0 Å². The predicted molar refractivity (Wildman–Crippen MR) is 104 cm³/mol. The highest BCUT2D eigenvalue weighted by Gasteiger charge is 2.41. The summed E-state index contributed by atoms with van der Waals surface area (Å²) in [5, 5.41) is 0. The van der Waals surface area contributed by atoms with Crippen LogP contribution in [0.15, 0.2) is 59.7 Å². The van der Waals surface area contributed by atoms with Crippen LogP contribution in [0, 0.1) is 0 Å². The zero-order valence-electron chi connectivity index (χ0n) is 16.2. The number of benzene rings is 1. The Morgan fingerprint density at radius 1 is 1.00 bits per heavy atom. The number of hydrogen-bond donors (Lipinski definition) is 0. The quantitative estimate of drug-likeness (QED) is 0.531. The van der Waals surface area contributed by atoms with Gasteiger partial charge in [-0.3, -0.25) is 8.78 Å². The fraction of sp³-hybridized carbons (Fsp3) is 0.381. The van der Waals surface area contributed by atoms with Crippen molar-refractivity contribution in [2.24, 2.45) is 0 Å². The fourth-order valence-corrected chi connectivity index (χ4v) is 2.75. The third-order valence-corrected chi connectivity index (χ3v) is 4.20. The molecule has 0 N–H and O–H groups in total. The molecule has 0 spiro atoms. The topological polar surface area (TPSA) is 31.0 Å². The standard InChI is InChI=1S/C17H16N2O.C2H6.2CH3F/c1-17(8-9-17)19-10-7-14(13-5-3-2-4-6-13)16(19)15-11-20-12-18-15;3*1-2/h2-7,10-12H,8-9H2,1H3;1-2H3;2*1H3. The molecule has 1 aliphatic carbocycles. The van der Waals surface area contributed by atoms with E-state index >= 15 is 0 Å². The molecule has 1 saturated carbocycles. The van der Waals surface area contributed by atoms with Crippen LogP contribution in [0.25, 0.3) is 22.5 Å². The van der Waals surface area contributed by atoms with Crippen LogP contribution in [0.1, 0.15) is 33.6 Å². The Morgan fingerprint density at radius 2 is 1.62 bits per heavy atom. The molecule has 0 atom stereocenters. The summed E-state index contributed by atoms with van der Waals surface area (Å²) in [5.74, 6) is 0. The number of alkyl halides is 2. The molecule has 0 unspecified atom stereocenters. The minimum absolute atomic E-state index is 0.237. The van der Waals surface area contributed by atoms with Gasteiger partial charge in [-0.2, -0.15) is 0 Å². The molecule has 1 aromatic carbocycles. The van der Waals surface area contributed by atoms with Gasteiger partial charge in [0, 0.05) is 17.3 Å². The first-order chi connectivity index (χ1) is 12.8. The Labute approximate surface area is 154 Å². The monoisotopic (exact) mass is 362 g/mol. The van der Waals surface area contributed by atoms with E-state index in [1.807, 2.05) is 19.9 Å². The van der Waals surface area contributed by atoms with Gasteiger partial charge in [0.15, 0.2) is 6.39 Å². The van der Waals surface area contributed by atoms with Gasteiger partial charge < -0.3 is 8.98 Å². The summed E-state index contributed by atoms with van der Waals surface area (Å²) in [6.45, 7) is 6.30. The maximum atomic E-state index is 9.50. The minimum Gasteiger partial charge on any atom is -0.451 e. The molecule has 2 aromatic heterocycles. The SMILES string of the molecule is CC.CC1(n2ccc(-c3ccccc3)c2-c2cocn2)CC1.CF.CF. The second-order valence-corrected chi connectivity index (χ2v) is 5.68. The largest absolute Gasteiger partial charge is 0.451 e. The van der Waals surface area contributed by atoms with E-state index in [1.165, 1.54) is 30.4 Å². The van der Waals surface area contributed by atoms with E-state index in [9.17, 15) is 8.78 Å². The van der Waals surface area contributed by atoms with E-state index in [4.69, 9.17) is 4.42 Å². The molecule has 0 radical (unpaired) electrons. The van der Waals surface area contributed by atoms with Gasteiger partial charge in [-0.1, -0.05) is 44.2 Å². The van der Waals surface area contributed by atoms with Gasteiger partial charge in [0.1, 0.15) is 12.0 Å². The van der Waals surface area contributed by atoms with Gasteiger partial charge in [-0.15, -0.1) is 0 Å². The first-order valence-electron chi connectivity index (χ1n) is 8.69. The van der Waals surface area contributed by atoms with Gasteiger partial charge in [-0.25, -0.2) is 4.98 Å². The molecule has 0 bridgehead atoms. The van der Waals surface area contributed by atoms with Gasteiger partial charge in [0.05, 0.1) is 20.0 Å². The number of halogens is 2. The second kappa shape index (κ2) is 10.5. The summed E-state index contributed by atoms with van der Waals surface area (Å²) in [4.78, 5) is 4.36. The third kappa shape index (κ3) is 4.59. The van der Waals surface area contributed by atoms with Crippen molar-refractivity contribution in [2.75, 3.05) is 14.4 Å². The lowest BCUT2D eigenvalue weighted by atomic mass is 10.0. The van der Waals surface area contributed by atoms with Crippen molar-refractivity contribution in [3.63, 3.8) is 0 Å². The summed E-state index contributed by atoms with van der Waals surface area (Å²) in [6.07, 6.45) is 7.85. The van der Waals surface area contributed by atoms with Crippen molar-refractivity contribution >= 4 is 0 Å². The molecular formula is C21H28F2N2O. The van der Waals surface area contributed by atoms with E-state index in [1.54, 1.807) is 6.26 Å². The van der Waals surface area contributed by atoms with Crippen molar-refractivity contribution in [3.05, 3.63) is 55.3 Å². The van der Waals surface area contributed by atoms with E-state index in [0.29, 0.717) is 14.4 Å². The van der Waals surface area contributed by atoms with Crippen LogP contribution in [0.3, 0.4) is 0 Å². The average Bonchev–Trinajstić information content (AvgIpc) is 3.15. The summed E-state index contributed by atoms with van der Waals surface area (Å²) in [5.41, 5.74) is 4.73. The van der Waals surface area contributed by atoms with E-state index < -0.39 is 0 Å². The smallest absolute Gasteiger partial charge is 0.181 e. The first kappa shape index (κ1) is 21.6. The molecule has 142 valence electrons. The number of hydrogen-bond acceptors (Lipinski definition) is 2. The molecular weight excluding hydrogens is 334 g/mol. The molecule has 0 aliphatic heterocycles. The molecule has 3 nitrogen and oxygen atoms in total. The highest BCUT2D eigenvalue weighted by Crippen LogP contribution is 2.47. The molecule has 0 saturated heterocycles. The summed E-state index contributed by atoms with van der Waals surface area (Å²) in [7, 11) is 1.00. The van der Waals surface area contributed by atoms with Crippen LogP contribution in [0.4, 0.5) is 8.78 Å². The zero-order valence-corrected chi connectivity index (χ0v) is 16.2. The highest BCUT2D eigenvalue weighted by molar-refractivity contribution is 5.80. The highest BCUT2D eigenvalue weighted by atomic mass is 19.1. The molecule has 1 aliphatic rings. The van der Waals surface area contributed by atoms with Gasteiger partial charge >= 0.3 is 0 Å². The number of aromatic nitrogens is 2. The lowest BCUT2D eigenvalue weighted by Gasteiger charge is -2.16. The van der Waals surface area contributed by atoms with E-state index in [-0.39, 0.29) is 5.54 Å². The number of oxazole rings is 1. The Morgan fingerprint density at radius 3 is 2.12 bits per heavy atom. The van der Waals surface area contributed by atoms with Crippen LogP contribution >= 0.6 is 0 Å². The molecule has 1 fully saturated rings. The Kier molecular flexibility index (Phi) is 8.76. The van der Waals surface area contributed by atoms with Crippen LogP contribution in [0.2, 0.25) is 0 Å². The molecule has 5 heteroatoms. The van der Waals surface area contributed by atoms with Gasteiger partial charge in [-0.05, 0) is 31.4 Å². The van der Waals surface area contributed by atoms with E-state index in [2.05, 4.69) is 53.0 Å². The van der Waals surface area contributed by atoms with Crippen LogP contribution in [-0.4, -0.2) is 23.9 Å². The Hall–Kier alpha value is -2.43. The number of nitrogens with zero attached hydrogens (tertiary/aromatic N) is 2. The van der Waals surface area contributed by atoms with Gasteiger partial charge in [0.2, 0.25) is 0 Å². The molecule has 0 amide bonds. The Balaban J connectivity index is 0.000000515. The molecule has 26 heavy (non-hydrogen) atoms. The number of rotatable bonds is 3. The summed E-state index contributed by atoms with van der Waals surface area (Å²) in [6, 6.07) is 12.6. The fourth-order valence-electron chi connectivity index (χ4n) is 2.75. The molecule has 2 heterocycles. The zero-order chi connectivity index (χ0) is 19.6. The van der Waals surface area contributed by atoms with E-state index in [0.717, 1.165) is 11.4 Å². The predicted octanol–water partition coefficient (Wildman–Crippen LogP) is 6.52. The normalized spacial score (nSPS) is 13.2. The molecule has 4 rings (SSSR count). The molecule has 3 aromatic rings. The summed E-state index contributed by atoms with van der Waals surface area (Å²) >= 11 is 0. The summed E-state index contributed by atoms with van der Waals surface area (Å²) < 4.78 is 26.5. The second-order valence-electron chi connectivity index (χ2n) is 5.68. The lowest BCUT2D eigenvalue weighted by Crippen LogP contribution is -2.12. The first-order valence-corrected chi connectivity index (χ1v) is 8.69. The minimum atomic E-state index is 0.237. The maximum Gasteiger partial charge on any atom is 0.181 e. The average molecular weight is 362 g/mol. The maximum absolute atomic E-state index is 9.50. The lowest BCUT2D eigenvalue weighted by molar-refractivity contribution is 0.539. The van der Waals surface area contributed by atoms with Crippen LogP contribution in [0.5, 0.6) is 0 Å². The van der Waals surface area contributed by atoms with Crippen molar-refractivity contribution in [1.82, 2.24) is 9.55 Å². The van der Waals surface area contributed by atoms with Crippen molar-refractivity contribution in [3.8, 4) is 22.5 Å². The van der Waals surface area contributed by atoms with Gasteiger partial charge in [0.25, 0.3) is 0 Å². The van der Waals surface area contributed by atoms with Crippen molar-refractivity contribution < 1.29 is 13.2 Å². The van der Waals surface area contributed by atoms with Crippen molar-refractivity contribution in [2.45, 2.75) is 39.2 Å².